The van der Waals surface area contributed by atoms with Gasteiger partial charge in [0.1, 0.15) is 0 Å². The first-order valence-electron chi connectivity index (χ1n) is 6.11. The largest absolute Gasteiger partial charge is 0.481 e. The standard InChI is InChI=1S/C12H15N3O3S/c1-16-10-3-2-9-11(14-10)15(12(19)13-9)6-8-7-17-4-5-18-8/h2-3,8H,4-7H2,1H3,(H,13,19). The monoisotopic (exact) mass is 281 g/mol. The Bertz CT molecular complexity index is 631. The number of aromatic amines is 1. The molecule has 3 heterocycles. The number of H-pyrrole nitrogens is 1. The van der Waals surface area contributed by atoms with Crippen LogP contribution in [0, 0.1) is 4.77 Å². The summed E-state index contributed by atoms with van der Waals surface area (Å²) in [7, 11) is 1.60. The lowest BCUT2D eigenvalue weighted by molar-refractivity contribution is -0.0934. The van der Waals surface area contributed by atoms with Gasteiger partial charge in [0.2, 0.25) is 5.88 Å². The van der Waals surface area contributed by atoms with Crippen LogP contribution in [0.15, 0.2) is 12.1 Å². The number of rotatable bonds is 3. The highest BCUT2D eigenvalue weighted by molar-refractivity contribution is 7.71. The number of fused-ring (bicyclic) bond motifs is 1. The summed E-state index contributed by atoms with van der Waals surface area (Å²) in [6.45, 7) is 2.48. The van der Waals surface area contributed by atoms with Crippen molar-refractivity contribution in [3.63, 3.8) is 0 Å². The molecule has 2 aromatic heterocycles. The second-order valence-electron chi connectivity index (χ2n) is 4.33. The molecule has 6 nitrogen and oxygen atoms in total. The van der Waals surface area contributed by atoms with E-state index in [1.807, 2.05) is 10.6 Å². The van der Waals surface area contributed by atoms with Gasteiger partial charge in [-0.25, -0.2) is 0 Å². The normalized spacial score (nSPS) is 19.7. The van der Waals surface area contributed by atoms with E-state index in [2.05, 4.69) is 9.97 Å². The molecule has 1 aliphatic heterocycles. The lowest BCUT2D eigenvalue weighted by Crippen LogP contribution is -2.32. The fraction of sp³-hybridized carbons (Fsp3) is 0.500. The van der Waals surface area contributed by atoms with Crippen molar-refractivity contribution in [1.29, 1.82) is 0 Å². The minimum atomic E-state index is 0.00690. The quantitative estimate of drug-likeness (QED) is 0.864. The number of methoxy groups -OCH3 is 1. The van der Waals surface area contributed by atoms with Crippen LogP contribution in [0.25, 0.3) is 11.2 Å². The third-order valence-corrected chi connectivity index (χ3v) is 3.39. The first kappa shape index (κ1) is 12.6. The summed E-state index contributed by atoms with van der Waals surface area (Å²) < 4.78 is 18.7. The lowest BCUT2D eigenvalue weighted by Gasteiger charge is -2.23. The Labute approximate surface area is 115 Å². The molecule has 0 spiro atoms. The molecule has 0 aliphatic carbocycles. The van der Waals surface area contributed by atoms with E-state index in [-0.39, 0.29) is 6.10 Å². The molecule has 1 N–H and O–H groups in total. The Hall–Kier alpha value is -1.44. The minimum absolute atomic E-state index is 0.00690. The van der Waals surface area contributed by atoms with Gasteiger partial charge in [0.15, 0.2) is 10.4 Å². The van der Waals surface area contributed by atoms with E-state index in [0.717, 1.165) is 11.2 Å². The number of nitrogens with zero attached hydrogens (tertiary/aromatic N) is 2. The van der Waals surface area contributed by atoms with Gasteiger partial charge in [-0.1, -0.05) is 0 Å². The Balaban J connectivity index is 1.96. The fourth-order valence-corrected chi connectivity index (χ4v) is 2.41. The second kappa shape index (κ2) is 5.28. The van der Waals surface area contributed by atoms with Crippen LogP contribution in [0.1, 0.15) is 0 Å². The zero-order valence-electron chi connectivity index (χ0n) is 10.6. The molecule has 2 aromatic rings. The number of pyridine rings is 1. The maximum Gasteiger partial charge on any atom is 0.215 e. The maximum atomic E-state index is 5.65. The van der Waals surface area contributed by atoms with Crippen LogP contribution in [-0.4, -0.2) is 47.6 Å². The van der Waals surface area contributed by atoms with Crippen LogP contribution >= 0.6 is 12.2 Å². The molecule has 19 heavy (non-hydrogen) atoms. The molecule has 3 rings (SSSR count). The zero-order valence-corrected chi connectivity index (χ0v) is 11.4. The summed E-state index contributed by atoms with van der Waals surface area (Å²) in [6.07, 6.45) is 0.00690. The summed E-state index contributed by atoms with van der Waals surface area (Å²) in [5.74, 6) is 0.566. The molecule has 0 radical (unpaired) electrons. The molecule has 0 aromatic carbocycles. The minimum Gasteiger partial charge on any atom is -0.481 e. The van der Waals surface area contributed by atoms with Crippen LogP contribution in [0.2, 0.25) is 0 Å². The number of hydrogen-bond donors (Lipinski definition) is 1. The van der Waals surface area contributed by atoms with Crippen molar-refractivity contribution in [1.82, 2.24) is 14.5 Å². The topological polar surface area (TPSA) is 61.3 Å². The molecule has 102 valence electrons. The Morgan fingerprint density at radius 3 is 3.16 bits per heavy atom. The van der Waals surface area contributed by atoms with Crippen molar-refractivity contribution in [2.75, 3.05) is 26.9 Å². The van der Waals surface area contributed by atoms with Gasteiger partial charge < -0.3 is 19.2 Å². The number of imidazole rings is 1. The van der Waals surface area contributed by atoms with Gasteiger partial charge in [-0.15, -0.1) is 0 Å². The van der Waals surface area contributed by atoms with E-state index in [4.69, 9.17) is 26.4 Å². The molecule has 1 aliphatic rings. The highest BCUT2D eigenvalue weighted by Gasteiger charge is 2.17. The summed E-state index contributed by atoms with van der Waals surface area (Å²) in [5, 5.41) is 0. The van der Waals surface area contributed by atoms with Crippen LogP contribution in [0.4, 0.5) is 0 Å². The highest BCUT2D eigenvalue weighted by atomic mass is 32.1. The van der Waals surface area contributed by atoms with Gasteiger partial charge in [-0.2, -0.15) is 4.98 Å². The van der Waals surface area contributed by atoms with E-state index >= 15 is 0 Å². The smallest absolute Gasteiger partial charge is 0.215 e. The van der Waals surface area contributed by atoms with Gasteiger partial charge >= 0.3 is 0 Å². The molecule has 0 bridgehead atoms. The maximum absolute atomic E-state index is 5.65. The third-order valence-electron chi connectivity index (χ3n) is 3.07. The van der Waals surface area contributed by atoms with Gasteiger partial charge in [-0.05, 0) is 18.3 Å². The fourth-order valence-electron chi connectivity index (χ4n) is 2.14. The summed E-state index contributed by atoms with van der Waals surface area (Å²) in [6, 6.07) is 3.71. The van der Waals surface area contributed by atoms with Crippen molar-refractivity contribution in [2.24, 2.45) is 0 Å². The summed E-state index contributed by atoms with van der Waals surface area (Å²) in [4.78, 5) is 7.56. The average Bonchev–Trinajstić information content (AvgIpc) is 2.76. The third kappa shape index (κ3) is 2.49. The van der Waals surface area contributed by atoms with Crippen molar-refractivity contribution >= 4 is 23.4 Å². The van der Waals surface area contributed by atoms with Crippen LogP contribution in [0.3, 0.4) is 0 Å². The molecule has 1 unspecified atom stereocenters. The Morgan fingerprint density at radius 2 is 2.42 bits per heavy atom. The van der Waals surface area contributed by atoms with E-state index < -0.39 is 0 Å². The van der Waals surface area contributed by atoms with Gasteiger partial charge in [0.25, 0.3) is 0 Å². The summed E-state index contributed by atoms with van der Waals surface area (Å²) in [5.41, 5.74) is 1.67. The van der Waals surface area contributed by atoms with Crippen molar-refractivity contribution in [3.8, 4) is 5.88 Å². The molecule has 7 heteroatoms. The number of ether oxygens (including phenoxy) is 3. The SMILES string of the molecule is COc1ccc2[nH]c(=S)n(CC3COCCO3)c2n1. The average molecular weight is 281 g/mol. The molecule has 1 atom stereocenters. The van der Waals surface area contributed by atoms with E-state index in [1.165, 1.54) is 0 Å². The Morgan fingerprint density at radius 1 is 1.53 bits per heavy atom. The predicted octanol–water partition coefficient (Wildman–Crippen LogP) is 1.52. The molecule has 1 saturated heterocycles. The van der Waals surface area contributed by atoms with Crippen molar-refractivity contribution in [2.45, 2.75) is 12.6 Å². The molecule has 1 fully saturated rings. The predicted molar refractivity (Wildman–Crippen MR) is 72.0 cm³/mol. The Kier molecular flexibility index (Phi) is 3.50. The van der Waals surface area contributed by atoms with Gasteiger partial charge in [-0.3, -0.25) is 4.57 Å². The molecular weight excluding hydrogens is 266 g/mol. The van der Waals surface area contributed by atoms with E-state index in [1.54, 1.807) is 13.2 Å². The number of hydrogen-bond acceptors (Lipinski definition) is 5. The molecular formula is C12H15N3O3S. The van der Waals surface area contributed by atoms with Crippen LogP contribution in [-0.2, 0) is 16.0 Å². The number of nitrogens with one attached hydrogen (secondary N) is 1. The first-order chi connectivity index (χ1) is 9.28. The van der Waals surface area contributed by atoms with Gasteiger partial charge in [0, 0.05) is 6.07 Å². The molecule has 0 saturated carbocycles. The van der Waals surface area contributed by atoms with Crippen LogP contribution in [0.5, 0.6) is 5.88 Å². The van der Waals surface area contributed by atoms with Crippen molar-refractivity contribution in [3.05, 3.63) is 16.9 Å². The van der Waals surface area contributed by atoms with E-state index in [0.29, 0.717) is 37.0 Å². The first-order valence-corrected chi connectivity index (χ1v) is 6.51. The number of aromatic nitrogens is 3. The molecule has 0 amide bonds. The highest BCUT2D eigenvalue weighted by Crippen LogP contribution is 2.17. The lowest BCUT2D eigenvalue weighted by atomic mass is 10.3. The van der Waals surface area contributed by atoms with Gasteiger partial charge in [0.05, 0.1) is 45.1 Å². The van der Waals surface area contributed by atoms with E-state index in [9.17, 15) is 0 Å². The van der Waals surface area contributed by atoms with Crippen LogP contribution < -0.4 is 4.74 Å². The summed E-state index contributed by atoms with van der Waals surface area (Å²) >= 11 is 5.33. The van der Waals surface area contributed by atoms with Crippen molar-refractivity contribution < 1.29 is 14.2 Å². The zero-order chi connectivity index (χ0) is 13.2. The second-order valence-corrected chi connectivity index (χ2v) is 4.72.